The second-order valence-electron chi connectivity index (χ2n) is 5.71. The number of nitrogens with one attached hydrogen (secondary N) is 2. The molecule has 0 unspecified atom stereocenters. The van der Waals surface area contributed by atoms with Crippen LogP contribution in [0.25, 0.3) is 22.6 Å². The summed E-state index contributed by atoms with van der Waals surface area (Å²) in [6.45, 7) is 0.905. The molecule has 2 N–H and O–H groups in total. The van der Waals surface area contributed by atoms with Crippen molar-refractivity contribution in [3.05, 3.63) is 42.9 Å². The van der Waals surface area contributed by atoms with E-state index in [1.54, 1.807) is 18.6 Å². The van der Waals surface area contributed by atoms with Crippen LogP contribution in [-0.2, 0) is 16.1 Å². The lowest BCUT2D eigenvalue weighted by molar-refractivity contribution is -0.139. The summed E-state index contributed by atoms with van der Waals surface area (Å²) in [4.78, 5) is 35.8. The summed E-state index contributed by atoms with van der Waals surface area (Å²) < 4.78 is 6.49. The van der Waals surface area contributed by atoms with Gasteiger partial charge in [0.1, 0.15) is 17.9 Å². The number of imidazole rings is 1. The number of fused-ring (bicyclic) bond motifs is 1. The quantitative estimate of drug-likeness (QED) is 0.481. The molecule has 0 fully saturated rings. The highest BCUT2D eigenvalue weighted by Crippen LogP contribution is 2.23. The molecule has 3 aromatic rings. The molecular weight excluding hydrogens is 348 g/mol. The number of ether oxygens (including phenoxy) is 1. The van der Waals surface area contributed by atoms with Crippen molar-refractivity contribution in [2.24, 2.45) is 0 Å². The van der Waals surface area contributed by atoms with E-state index in [2.05, 4.69) is 30.3 Å². The summed E-state index contributed by atoms with van der Waals surface area (Å²) in [6, 6.07) is 7.15. The van der Waals surface area contributed by atoms with Crippen molar-refractivity contribution in [2.75, 3.05) is 20.2 Å². The number of urea groups is 1. The van der Waals surface area contributed by atoms with Crippen molar-refractivity contribution >= 4 is 23.2 Å². The lowest BCUT2D eigenvalue weighted by Gasteiger charge is -2.10. The van der Waals surface area contributed by atoms with Gasteiger partial charge in [-0.15, -0.1) is 0 Å². The molecule has 0 bridgehead atoms. The predicted octanol–water partition coefficient (Wildman–Crippen LogP) is 1.36. The number of aromatic nitrogens is 4. The first-order valence-electron chi connectivity index (χ1n) is 8.49. The van der Waals surface area contributed by atoms with Crippen LogP contribution in [0.3, 0.4) is 0 Å². The van der Waals surface area contributed by atoms with Crippen molar-refractivity contribution in [3.63, 3.8) is 0 Å². The summed E-state index contributed by atoms with van der Waals surface area (Å²) in [7, 11) is 1.27. The minimum Gasteiger partial charge on any atom is -0.468 e. The Hall–Kier alpha value is -3.49. The standard InChI is InChI=1S/C18H20N6O3/c1-27-15(25)12-22-18(26)21-8-3-11-24-16(13-5-9-19-10-6-13)23-14-4-2-7-20-17(14)24/h2,4-7,9-10H,3,8,11-12H2,1H3,(H2,21,22,26). The first-order valence-corrected chi connectivity index (χ1v) is 8.49. The number of nitrogens with zero attached hydrogens (tertiary/aromatic N) is 4. The fourth-order valence-corrected chi connectivity index (χ4v) is 2.62. The minimum atomic E-state index is -0.497. The maximum absolute atomic E-state index is 11.7. The molecule has 0 aliphatic heterocycles. The van der Waals surface area contributed by atoms with Crippen molar-refractivity contribution in [1.82, 2.24) is 30.2 Å². The second kappa shape index (κ2) is 8.75. The fraction of sp³-hybridized carbons (Fsp3) is 0.278. The van der Waals surface area contributed by atoms with Crippen molar-refractivity contribution in [3.8, 4) is 11.4 Å². The van der Waals surface area contributed by atoms with E-state index in [0.717, 1.165) is 22.6 Å². The summed E-state index contributed by atoms with van der Waals surface area (Å²) in [5.74, 6) is 0.310. The lowest BCUT2D eigenvalue weighted by Crippen LogP contribution is -2.39. The van der Waals surface area contributed by atoms with Crippen LogP contribution in [0.5, 0.6) is 0 Å². The average Bonchev–Trinajstić information content (AvgIpc) is 3.08. The van der Waals surface area contributed by atoms with E-state index in [9.17, 15) is 9.59 Å². The summed E-state index contributed by atoms with van der Waals surface area (Å²) in [5, 5.41) is 5.14. The van der Waals surface area contributed by atoms with Crippen LogP contribution in [0.2, 0.25) is 0 Å². The van der Waals surface area contributed by atoms with Crippen LogP contribution in [0, 0.1) is 0 Å². The molecule has 2 amide bonds. The monoisotopic (exact) mass is 368 g/mol. The molecule has 9 heteroatoms. The third kappa shape index (κ3) is 4.57. The van der Waals surface area contributed by atoms with Crippen LogP contribution >= 0.6 is 0 Å². The fourth-order valence-electron chi connectivity index (χ4n) is 2.62. The Kier molecular flexibility index (Phi) is 5.93. The number of rotatable bonds is 7. The first kappa shape index (κ1) is 18.3. The zero-order chi connectivity index (χ0) is 19.1. The Morgan fingerprint density at radius 1 is 1.15 bits per heavy atom. The summed E-state index contributed by atoms with van der Waals surface area (Å²) in [5.41, 5.74) is 2.55. The molecule has 0 spiro atoms. The van der Waals surface area contributed by atoms with E-state index in [4.69, 9.17) is 0 Å². The van der Waals surface area contributed by atoms with Gasteiger partial charge in [0, 0.05) is 37.2 Å². The number of hydrogen-bond donors (Lipinski definition) is 2. The second-order valence-corrected chi connectivity index (χ2v) is 5.71. The zero-order valence-electron chi connectivity index (χ0n) is 14.9. The predicted molar refractivity (Wildman–Crippen MR) is 98.8 cm³/mol. The molecule has 3 rings (SSSR count). The average molecular weight is 368 g/mol. The lowest BCUT2D eigenvalue weighted by atomic mass is 10.2. The zero-order valence-corrected chi connectivity index (χ0v) is 14.9. The third-order valence-corrected chi connectivity index (χ3v) is 3.91. The molecule has 0 aliphatic carbocycles. The van der Waals surface area contributed by atoms with Crippen molar-refractivity contribution in [2.45, 2.75) is 13.0 Å². The van der Waals surface area contributed by atoms with Crippen LogP contribution in [0.4, 0.5) is 4.79 Å². The summed E-state index contributed by atoms with van der Waals surface area (Å²) >= 11 is 0. The van der Waals surface area contributed by atoms with Gasteiger partial charge in [0.15, 0.2) is 5.65 Å². The maximum atomic E-state index is 11.7. The highest BCUT2D eigenvalue weighted by Gasteiger charge is 2.13. The summed E-state index contributed by atoms with van der Waals surface area (Å²) in [6.07, 6.45) is 5.85. The molecule has 0 aliphatic rings. The largest absolute Gasteiger partial charge is 0.468 e. The minimum absolute atomic E-state index is 0.162. The number of aryl methyl sites for hydroxylation is 1. The van der Waals surface area contributed by atoms with E-state index in [-0.39, 0.29) is 6.54 Å². The smallest absolute Gasteiger partial charge is 0.325 e. The Morgan fingerprint density at radius 3 is 2.74 bits per heavy atom. The van der Waals surface area contributed by atoms with Gasteiger partial charge in [-0.3, -0.25) is 9.78 Å². The number of amides is 2. The third-order valence-electron chi connectivity index (χ3n) is 3.91. The van der Waals surface area contributed by atoms with Gasteiger partial charge in [-0.25, -0.2) is 14.8 Å². The Labute approximate surface area is 155 Å². The van der Waals surface area contributed by atoms with Gasteiger partial charge in [0.2, 0.25) is 0 Å². The van der Waals surface area contributed by atoms with Gasteiger partial charge >= 0.3 is 12.0 Å². The molecule has 0 atom stereocenters. The number of methoxy groups -OCH3 is 1. The van der Waals surface area contributed by atoms with Crippen LogP contribution in [-0.4, -0.2) is 51.7 Å². The van der Waals surface area contributed by atoms with Crippen LogP contribution in [0.1, 0.15) is 6.42 Å². The maximum Gasteiger partial charge on any atom is 0.325 e. The molecule has 27 heavy (non-hydrogen) atoms. The van der Waals surface area contributed by atoms with Gasteiger partial charge in [0.05, 0.1) is 7.11 Å². The van der Waals surface area contributed by atoms with Crippen molar-refractivity contribution in [1.29, 1.82) is 0 Å². The molecular formula is C18H20N6O3. The molecule has 0 saturated carbocycles. The van der Waals surface area contributed by atoms with E-state index in [0.29, 0.717) is 19.5 Å². The van der Waals surface area contributed by atoms with Crippen LogP contribution < -0.4 is 10.6 Å². The molecule has 3 aromatic heterocycles. The molecule has 0 aromatic carbocycles. The van der Waals surface area contributed by atoms with Gasteiger partial charge in [-0.2, -0.15) is 0 Å². The Balaban J connectivity index is 1.64. The van der Waals surface area contributed by atoms with E-state index in [1.807, 2.05) is 28.8 Å². The van der Waals surface area contributed by atoms with Gasteiger partial charge in [-0.05, 0) is 30.7 Å². The van der Waals surface area contributed by atoms with E-state index >= 15 is 0 Å². The number of esters is 1. The highest BCUT2D eigenvalue weighted by atomic mass is 16.5. The topological polar surface area (TPSA) is 111 Å². The first-order chi connectivity index (χ1) is 13.2. The van der Waals surface area contributed by atoms with Gasteiger partial charge in [-0.1, -0.05) is 0 Å². The number of carbonyl (C=O) groups is 2. The van der Waals surface area contributed by atoms with E-state index in [1.165, 1.54) is 7.11 Å². The molecule has 9 nitrogen and oxygen atoms in total. The molecule has 140 valence electrons. The molecule has 0 radical (unpaired) electrons. The molecule has 0 saturated heterocycles. The van der Waals surface area contributed by atoms with Gasteiger partial charge in [0.25, 0.3) is 0 Å². The van der Waals surface area contributed by atoms with Crippen molar-refractivity contribution < 1.29 is 14.3 Å². The number of hydrogen-bond acceptors (Lipinski definition) is 6. The van der Waals surface area contributed by atoms with Gasteiger partial charge < -0.3 is 19.9 Å². The highest BCUT2D eigenvalue weighted by molar-refractivity contribution is 5.80. The SMILES string of the molecule is COC(=O)CNC(=O)NCCCn1c(-c2ccncc2)nc2cccnc21. The number of pyridine rings is 2. The molecule has 3 heterocycles. The normalized spacial score (nSPS) is 10.6. The Morgan fingerprint density at radius 2 is 1.96 bits per heavy atom. The number of carbonyl (C=O) groups excluding carboxylic acids is 2. The van der Waals surface area contributed by atoms with Crippen LogP contribution in [0.15, 0.2) is 42.9 Å². The Bertz CT molecular complexity index is 925. The van der Waals surface area contributed by atoms with E-state index < -0.39 is 12.0 Å².